The maximum Gasteiger partial charge on any atom is 0.228 e. The Morgan fingerprint density at radius 2 is 2.19 bits per heavy atom. The van der Waals surface area contributed by atoms with Crippen LogP contribution in [0.2, 0.25) is 5.02 Å². The van der Waals surface area contributed by atoms with Gasteiger partial charge in [-0.25, -0.2) is 0 Å². The van der Waals surface area contributed by atoms with Crippen LogP contribution >= 0.6 is 11.6 Å². The van der Waals surface area contributed by atoms with Crippen molar-refractivity contribution in [2.75, 3.05) is 10.6 Å². The Bertz CT molecular complexity index is 455. The minimum Gasteiger partial charge on any atom is -0.381 e. The van der Waals surface area contributed by atoms with Gasteiger partial charge in [0.1, 0.15) is 0 Å². The molecule has 1 heterocycles. The molecule has 84 valence electrons. The van der Waals surface area contributed by atoms with E-state index in [0.717, 1.165) is 16.9 Å². The lowest BCUT2D eigenvalue weighted by Gasteiger charge is -2.28. The van der Waals surface area contributed by atoms with Crippen molar-refractivity contribution in [1.82, 2.24) is 0 Å². The van der Waals surface area contributed by atoms with Gasteiger partial charge in [0.25, 0.3) is 0 Å². The third kappa shape index (κ3) is 1.65. The van der Waals surface area contributed by atoms with Crippen LogP contribution in [0.25, 0.3) is 0 Å². The Morgan fingerprint density at radius 3 is 2.88 bits per heavy atom. The molecule has 1 aliphatic carbocycles. The molecule has 2 N–H and O–H groups in total. The Balaban J connectivity index is 1.88. The van der Waals surface area contributed by atoms with E-state index in [0.29, 0.717) is 17.5 Å². The molecule has 1 aromatic carbocycles. The molecule has 0 aromatic heterocycles. The number of carbonyl (C=O) groups is 1. The molecule has 2 aliphatic rings. The lowest BCUT2D eigenvalue weighted by molar-refractivity contribution is -0.115. The molecule has 3 rings (SSSR count). The second kappa shape index (κ2) is 3.67. The molecule has 0 atom stereocenters. The van der Waals surface area contributed by atoms with E-state index in [-0.39, 0.29) is 5.91 Å². The monoisotopic (exact) mass is 236 g/mol. The van der Waals surface area contributed by atoms with Crippen LogP contribution in [0.3, 0.4) is 0 Å². The number of hydrogen-bond donors (Lipinski definition) is 2. The predicted molar refractivity (Wildman–Crippen MR) is 65.0 cm³/mol. The molecule has 0 radical (unpaired) electrons. The third-order valence-electron chi connectivity index (χ3n) is 3.28. The van der Waals surface area contributed by atoms with Crippen LogP contribution < -0.4 is 10.6 Å². The quantitative estimate of drug-likeness (QED) is 0.829. The van der Waals surface area contributed by atoms with Crippen molar-refractivity contribution in [3.8, 4) is 0 Å². The first-order chi connectivity index (χ1) is 7.72. The Kier molecular flexibility index (Phi) is 2.28. The fourth-order valence-electron chi connectivity index (χ4n) is 2.13. The van der Waals surface area contributed by atoms with E-state index in [2.05, 4.69) is 10.6 Å². The molecule has 0 spiro atoms. The molecule has 1 saturated carbocycles. The highest BCUT2D eigenvalue weighted by Crippen LogP contribution is 2.34. The van der Waals surface area contributed by atoms with Crippen molar-refractivity contribution < 1.29 is 4.79 Å². The number of rotatable bonds is 2. The fraction of sp³-hybridized carbons (Fsp3) is 0.417. The van der Waals surface area contributed by atoms with Crippen LogP contribution in [0.1, 0.15) is 24.8 Å². The zero-order chi connectivity index (χ0) is 11.1. The van der Waals surface area contributed by atoms with E-state index in [1.165, 1.54) is 19.3 Å². The first-order valence-corrected chi connectivity index (χ1v) is 5.99. The van der Waals surface area contributed by atoms with Crippen molar-refractivity contribution >= 4 is 28.9 Å². The summed E-state index contributed by atoms with van der Waals surface area (Å²) < 4.78 is 0. The van der Waals surface area contributed by atoms with Gasteiger partial charge in [0.2, 0.25) is 5.91 Å². The summed E-state index contributed by atoms with van der Waals surface area (Å²) in [4.78, 5) is 11.2. The van der Waals surface area contributed by atoms with Gasteiger partial charge in [-0.2, -0.15) is 0 Å². The third-order valence-corrected chi connectivity index (χ3v) is 3.60. The number of amides is 1. The molecule has 1 amide bonds. The van der Waals surface area contributed by atoms with Gasteiger partial charge in [-0.05, 0) is 37.0 Å². The Hall–Kier alpha value is -1.22. The van der Waals surface area contributed by atoms with Gasteiger partial charge in [-0.15, -0.1) is 0 Å². The number of hydrogen-bond acceptors (Lipinski definition) is 2. The smallest absolute Gasteiger partial charge is 0.228 e. The van der Waals surface area contributed by atoms with Crippen molar-refractivity contribution in [2.24, 2.45) is 0 Å². The lowest BCUT2D eigenvalue weighted by atomic mass is 9.93. The van der Waals surface area contributed by atoms with Gasteiger partial charge in [0.05, 0.1) is 17.1 Å². The second-order valence-electron chi connectivity index (χ2n) is 4.49. The zero-order valence-corrected chi connectivity index (χ0v) is 9.60. The molecule has 16 heavy (non-hydrogen) atoms. The van der Waals surface area contributed by atoms with Crippen molar-refractivity contribution in [2.45, 2.75) is 31.7 Å². The minimum atomic E-state index is 0.0480. The number of anilines is 2. The first-order valence-electron chi connectivity index (χ1n) is 5.61. The van der Waals surface area contributed by atoms with E-state index in [9.17, 15) is 4.79 Å². The summed E-state index contributed by atoms with van der Waals surface area (Å²) in [5.74, 6) is 0.0480. The molecule has 0 bridgehead atoms. The highest BCUT2D eigenvalue weighted by atomic mass is 35.5. The number of fused-ring (bicyclic) bond motifs is 1. The molecule has 0 unspecified atom stereocenters. The highest BCUT2D eigenvalue weighted by Gasteiger charge is 2.22. The van der Waals surface area contributed by atoms with Gasteiger partial charge >= 0.3 is 0 Å². The number of carbonyl (C=O) groups excluding carboxylic acids is 1. The summed E-state index contributed by atoms with van der Waals surface area (Å²) in [6, 6.07) is 4.39. The van der Waals surface area contributed by atoms with Crippen LogP contribution in [-0.4, -0.2) is 11.9 Å². The van der Waals surface area contributed by atoms with E-state index < -0.39 is 0 Å². The highest BCUT2D eigenvalue weighted by molar-refractivity contribution is 6.33. The van der Waals surface area contributed by atoms with Gasteiger partial charge < -0.3 is 10.6 Å². The number of benzene rings is 1. The molecule has 3 nitrogen and oxygen atoms in total. The van der Waals surface area contributed by atoms with Gasteiger partial charge in [0, 0.05) is 11.7 Å². The standard InChI is InChI=1S/C12H13ClN2O/c13-9-6-10-7(5-12(16)15-10)4-11(9)14-8-2-1-3-8/h4,6,8,14H,1-3,5H2,(H,15,16). The predicted octanol–water partition coefficient (Wildman–Crippen LogP) is 2.80. The summed E-state index contributed by atoms with van der Waals surface area (Å²) in [7, 11) is 0. The van der Waals surface area contributed by atoms with E-state index >= 15 is 0 Å². The second-order valence-corrected chi connectivity index (χ2v) is 4.89. The molecule has 1 fully saturated rings. The summed E-state index contributed by atoms with van der Waals surface area (Å²) in [6.45, 7) is 0. The molecule has 1 aliphatic heterocycles. The maximum atomic E-state index is 11.2. The average molecular weight is 237 g/mol. The Labute approximate surface area is 99.2 Å². The van der Waals surface area contributed by atoms with E-state index in [1.54, 1.807) is 0 Å². The van der Waals surface area contributed by atoms with E-state index in [4.69, 9.17) is 11.6 Å². The minimum absolute atomic E-state index is 0.0480. The number of halogens is 1. The number of nitrogens with one attached hydrogen (secondary N) is 2. The first kappa shape index (κ1) is 9.97. The van der Waals surface area contributed by atoms with Crippen LogP contribution in [0.15, 0.2) is 12.1 Å². The normalized spacial score (nSPS) is 18.9. The topological polar surface area (TPSA) is 41.1 Å². The van der Waals surface area contributed by atoms with Crippen LogP contribution in [0.5, 0.6) is 0 Å². The van der Waals surface area contributed by atoms with Crippen LogP contribution in [0.4, 0.5) is 11.4 Å². The molecule has 0 saturated heterocycles. The van der Waals surface area contributed by atoms with Crippen molar-refractivity contribution in [3.05, 3.63) is 22.7 Å². The van der Waals surface area contributed by atoms with Gasteiger partial charge in [-0.3, -0.25) is 4.79 Å². The molecule has 1 aromatic rings. The van der Waals surface area contributed by atoms with Crippen molar-refractivity contribution in [1.29, 1.82) is 0 Å². The molecular weight excluding hydrogens is 224 g/mol. The SMILES string of the molecule is O=C1Cc2cc(NC3CCC3)c(Cl)cc2N1. The zero-order valence-electron chi connectivity index (χ0n) is 8.85. The van der Waals surface area contributed by atoms with Crippen LogP contribution in [-0.2, 0) is 11.2 Å². The Morgan fingerprint density at radius 1 is 1.38 bits per heavy atom. The molecular formula is C12H13ClN2O. The van der Waals surface area contributed by atoms with Crippen molar-refractivity contribution in [3.63, 3.8) is 0 Å². The van der Waals surface area contributed by atoms with Gasteiger partial charge in [-0.1, -0.05) is 11.6 Å². The van der Waals surface area contributed by atoms with Crippen LogP contribution in [0, 0.1) is 0 Å². The molecule has 4 heteroatoms. The average Bonchev–Trinajstić information content (AvgIpc) is 2.50. The summed E-state index contributed by atoms with van der Waals surface area (Å²) >= 11 is 6.17. The summed E-state index contributed by atoms with van der Waals surface area (Å²) in [6.07, 6.45) is 4.18. The summed E-state index contributed by atoms with van der Waals surface area (Å²) in [5.41, 5.74) is 2.85. The fourth-order valence-corrected chi connectivity index (χ4v) is 2.35. The maximum absolute atomic E-state index is 11.2. The van der Waals surface area contributed by atoms with Gasteiger partial charge in [0.15, 0.2) is 0 Å². The van der Waals surface area contributed by atoms with E-state index in [1.807, 2.05) is 12.1 Å². The summed E-state index contributed by atoms with van der Waals surface area (Å²) in [5, 5.41) is 6.90. The largest absolute Gasteiger partial charge is 0.381 e. The lowest BCUT2D eigenvalue weighted by Crippen LogP contribution is -2.27.